The Morgan fingerprint density at radius 1 is 1.69 bits per heavy atom. The zero-order chi connectivity index (χ0) is 11.9. The molecule has 1 saturated heterocycles. The number of likely N-dealkylation sites (tertiary alicyclic amines) is 1. The molecule has 1 aliphatic rings. The van der Waals surface area contributed by atoms with E-state index in [-0.39, 0.29) is 5.91 Å². The quantitative estimate of drug-likeness (QED) is 0.886. The van der Waals surface area contributed by atoms with Crippen LogP contribution in [0.1, 0.15) is 28.6 Å². The Morgan fingerprint density at radius 2 is 2.31 bits per heavy atom. The minimum absolute atomic E-state index is 0.0683. The minimum atomic E-state index is -0.686. The molecule has 2 rings (SSSR count). The van der Waals surface area contributed by atoms with Gasteiger partial charge in [0.15, 0.2) is 0 Å². The van der Waals surface area contributed by atoms with Crippen LogP contribution in [-0.4, -0.2) is 34.6 Å². The highest BCUT2D eigenvalue weighted by atomic mass is 35.5. The molecule has 2 heterocycles. The van der Waals surface area contributed by atoms with Crippen molar-refractivity contribution in [3.05, 3.63) is 20.8 Å². The first-order chi connectivity index (χ1) is 7.47. The minimum Gasteiger partial charge on any atom is -0.386 e. The predicted octanol–water partition coefficient (Wildman–Crippen LogP) is 2.31. The molecule has 1 amide bonds. The van der Waals surface area contributed by atoms with Gasteiger partial charge in [-0.05, 0) is 24.3 Å². The van der Waals surface area contributed by atoms with Crippen molar-refractivity contribution in [2.75, 3.05) is 13.1 Å². The number of thiophene rings is 1. The van der Waals surface area contributed by atoms with Crippen LogP contribution >= 0.6 is 22.9 Å². The van der Waals surface area contributed by atoms with Crippen LogP contribution in [0.2, 0.25) is 5.02 Å². The highest BCUT2D eigenvalue weighted by molar-refractivity contribution is 7.13. The second kappa shape index (κ2) is 4.02. The molecule has 1 N–H and O–H groups in total. The topological polar surface area (TPSA) is 40.5 Å². The van der Waals surface area contributed by atoms with Crippen molar-refractivity contribution >= 4 is 28.8 Å². The maximum Gasteiger partial charge on any atom is 0.265 e. The smallest absolute Gasteiger partial charge is 0.265 e. The molecule has 1 fully saturated rings. The van der Waals surface area contributed by atoms with E-state index in [1.807, 2.05) is 19.2 Å². The first kappa shape index (κ1) is 11.9. The van der Waals surface area contributed by atoms with Gasteiger partial charge in [0, 0.05) is 0 Å². The van der Waals surface area contributed by atoms with Crippen molar-refractivity contribution < 1.29 is 9.90 Å². The summed E-state index contributed by atoms with van der Waals surface area (Å²) in [5.74, 6) is -0.0683. The van der Waals surface area contributed by atoms with Gasteiger partial charge in [-0.3, -0.25) is 4.79 Å². The number of rotatable bonds is 2. The number of aryl methyl sites for hydroxylation is 1. The third-order valence-corrected chi connectivity index (χ3v) is 4.69. The third-order valence-electron chi connectivity index (χ3n) is 3.01. The lowest BCUT2D eigenvalue weighted by molar-refractivity contribution is -0.0824. The van der Waals surface area contributed by atoms with E-state index in [9.17, 15) is 9.90 Å². The van der Waals surface area contributed by atoms with Gasteiger partial charge in [0.1, 0.15) is 4.88 Å². The highest BCUT2D eigenvalue weighted by Crippen LogP contribution is 2.32. The Labute approximate surface area is 104 Å². The Bertz CT molecular complexity index is 424. The maximum absolute atomic E-state index is 12.0. The van der Waals surface area contributed by atoms with Crippen molar-refractivity contribution in [1.29, 1.82) is 0 Å². The van der Waals surface area contributed by atoms with Gasteiger partial charge in [-0.25, -0.2) is 0 Å². The largest absolute Gasteiger partial charge is 0.386 e. The van der Waals surface area contributed by atoms with E-state index in [2.05, 4.69) is 0 Å². The molecule has 0 saturated carbocycles. The summed E-state index contributed by atoms with van der Waals surface area (Å²) < 4.78 is 0. The molecule has 0 radical (unpaired) electrons. The van der Waals surface area contributed by atoms with Crippen molar-refractivity contribution in [2.24, 2.45) is 0 Å². The van der Waals surface area contributed by atoms with Crippen LogP contribution in [0.3, 0.4) is 0 Å². The number of carbonyl (C=O) groups excluding carboxylic acids is 1. The van der Waals surface area contributed by atoms with Crippen LogP contribution in [0.15, 0.2) is 5.38 Å². The summed E-state index contributed by atoms with van der Waals surface area (Å²) in [4.78, 5) is 14.2. The monoisotopic (exact) mass is 259 g/mol. The third kappa shape index (κ3) is 1.85. The number of amides is 1. The van der Waals surface area contributed by atoms with Gasteiger partial charge >= 0.3 is 0 Å². The molecular weight excluding hydrogens is 246 g/mol. The van der Waals surface area contributed by atoms with Gasteiger partial charge in [0.2, 0.25) is 0 Å². The van der Waals surface area contributed by atoms with Gasteiger partial charge in [0.05, 0.1) is 23.7 Å². The molecule has 3 nitrogen and oxygen atoms in total. The van der Waals surface area contributed by atoms with Crippen molar-refractivity contribution in [3.8, 4) is 0 Å². The zero-order valence-electron chi connectivity index (χ0n) is 9.29. The summed E-state index contributed by atoms with van der Waals surface area (Å²) in [6, 6.07) is 0. The van der Waals surface area contributed by atoms with Crippen molar-refractivity contribution in [1.82, 2.24) is 4.90 Å². The van der Waals surface area contributed by atoms with Gasteiger partial charge < -0.3 is 10.0 Å². The zero-order valence-corrected chi connectivity index (χ0v) is 10.9. The van der Waals surface area contributed by atoms with Gasteiger partial charge in [-0.15, -0.1) is 11.3 Å². The van der Waals surface area contributed by atoms with E-state index < -0.39 is 5.60 Å². The molecule has 0 aliphatic carbocycles. The van der Waals surface area contributed by atoms with E-state index >= 15 is 0 Å². The van der Waals surface area contributed by atoms with Crippen LogP contribution in [0.25, 0.3) is 0 Å². The van der Waals surface area contributed by atoms with E-state index in [4.69, 9.17) is 11.6 Å². The number of carbonyl (C=O) groups is 1. The summed E-state index contributed by atoms with van der Waals surface area (Å²) in [5, 5.41) is 12.3. The standard InChI is InChI=1S/C11H14ClNO2S/c1-3-11(15)5-13(6-11)10(14)9-8(12)7(2)4-16-9/h4,15H,3,5-6H2,1-2H3. The first-order valence-electron chi connectivity index (χ1n) is 5.22. The lowest BCUT2D eigenvalue weighted by atomic mass is 9.91. The molecule has 0 unspecified atom stereocenters. The molecule has 0 aromatic carbocycles. The van der Waals surface area contributed by atoms with Crippen LogP contribution in [0, 0.1) is 6.92 Å². The van der Waals surface area contributed by atoms with E-state index in [0.717, 1.165) is 5.56 Å². The predicted molar refractivity (Wildman–Crippen MR) is 65.2 cm³/mol. The SMILES string of the molecule is CCC1(O)CN(C(=O)c2scc(C)c2Cl)C1. The second-order valence-electron chi connectivity index (χ2n) is 4.30. The van der Waals surface area contributed by atoms with Crippen LogP contribution in [-0.2, 0) is 0 Å². The molecule has 5 heteroatoms. The number of halogens is 1. The summed E-state index contributed by atoms with van der Waals surface area (Å²) in [5.41, 5.74) is 0.246. The summed E-state index contributed by atoms with van der Waals surface area (Å²) in [6.07, 6.45) is 0.675. The molecule has 1 aromatic heterocycles. The lowest BCUT2D eigenvalue weighted by Gasteiger charge is -2.45. The maximum atomic E-state index is 12.0. The van der Waals surface area contributed by atoms with E-state index in [0.29, 0.717) is 29.4 Å². The number of β-amino-alcohol motifs (C(OH)–C–C–N with tert-alkyl or cyclic N) is 1. The summed E-state index contributed by atoms with van der Waals surface area (Å²) in [7, 11) is 0. The summed E-state index contributed by atoms with van der Waals surface area (Å²) in [6.45, 7) is 4.63. The fourth-order valence-electron chi connectivity index (χ4n) is 1.75. The second-order valence-corrected chi connectivity index (χ2v) is 5.56. The van der Waals surface area contributed by atoms with Gasteiger partial charge in [-0.1, -0.05) is 18.5 Å². The molecule has 1 aromatic rings. The Hall–Kier alpha value is -0.580. The molecule has 16 heavy (non-hydrogen) atoms. The summed E-state index contributed by atoms with van der Waals surface area (Å²) >= 11 is 7.40. The average molecular weight is 260 g/mol. The first-order valence-corrected chi connectivity index (χ1v) is 6.48. The van der Waals surface area contributed by atoms with Crippen LogP contribution in [0.5, 0.6) is 0 Å². The number of aliphatic hydroxyl groups is 1. The highest BCUT2D eigenvalue weighted by Gasteiger charge is 2.42. The average Bonchev–Trinajstić information content (AvgIpc) is 2.54. The van der Waals surface area contributed by atoms with Crippen molar-refractivity contribution in [3.63, 3.8) is 0 Å². The Kier molecular flexibility index (Phi) is 2.99. The Balaban J connectivity index is 2.09. The molecular formula is C11H14ClNO2S. The number of hydrogen-bond donors (Lipinski definition) is 1. The lowest BCUT2D eigenvalue weighted by Crippen LogP contribution is -2.63. The van der Waals surface area contributed by atoms with E-state index in [1.165, 1.54) is 11.3 Å². The molecule has 1 aliphatic heterocycles. The van der Waals surface area contributed by atoms with E-state index in [1.54, 1.807) is 4.90 Å². The van der Waals surface area contributed by atoms with Crippen LogP contribution in [0.4, 0.5) is 0 Å². The van der Waals surface area contributed by atoms with Gasteiger partial charge in [-0.2, -0.15) is 0 Å². The molecule has 0 spiro atoms. The van der Waals surface area contributed by atoms with Crippen LogP contribution < -0.4 is 0 Å². The fourth-order valence-corrected chi connectivity index (χ4v) is 2.99. The molecule has 88 valence electrons. The fraction of sp³-hybridized carbons (Fsp3) is 0.545. The van der Waals surface area contributed by atoms with Crippen molar-refractivity contribution in [2.45, 2.75) is 25.9 Å². The molecule has 0 bridgehead atoms. The normalized spacial score (nSPS) is 18.4. The molecule has 0 atom stereocenters. The van der Waals surface area contributed by atoms with Gasteiger partial charge in [0.25, 0.3) is 5.91 Å². The Morgan fingerprint density at radius 3 is 2.75 bits per heavy atom. The number of nitrogens with zero attached hydrogens (tertiary/aromatic N) is 1. The number of hydrogen-bond acceptors (Lipinski definition) is 3.